The third-order valence-corrected chi connectivity index (χ3v) is 4.62. The summed E-state index contributed by atoms with van der Waals surface area (Å²) < 4.78 is 12.8. The normalized spacial score (nSPS) is 22.9. The maximum absolute atomic E-state index is 12.1. The summed E-state index contributed by atoms with van der Waals surface area (Å²) in [6.07, 6.45) is 2.36. The lowest BCUT2D eigenvalue weighted by Crippen LogP contribution is -2.32. The van der Waals surface area contributed by atoms with Gasteiger partial charge in [-0.05, 0) is 59.9 Å². The molecule has 0 unspecified atom stereocenters. The molecule has 0 spiro atoms. The van der Waals surface area contributed by atoms with Crippen molar-refractivity contribution in [2.75, 3.05) is 18.8 Å². The van der Waals surface area contributed by atoms with E-state index in [9.17, 15) is 4.21 Å². The molecule has 0 saturated carbocycles. The van der Waals surface area contributed by atoms with Crippen LogP contribution in [0.3, 0.4) is 0 Å². The molecule has 0 aromatic carbocycles. The third kappa shape index (κ3) is 3.37. The Morgan fingerprint density at radius 1 is 1.56 bits per heavy atom. The molecule has 2 heterocycles. The van der Waals surface area contributed by atoms with Gasteiger partial charge in [-0.3, -0.25) is 4.21 Å². The molecule has 2 atom stereocenters. The lowest BCUT2D eigenvalue weighted by atomic mass is 10.0. The van der Waals surface area contributed by atoms with Crippen LogP contribution in [-0.2, 0) is 10.8 Å². The first kappa shape index (κ1) is 12.2. The van der Waals surface area contributed by atoms with E-state index in [2.05, 4.69) is 26.2 Å². The van der Waals surface area contributed by atoms with Gasteiger partial charge in [0.1, 0.15) is 9.63 Å². The predicted octanol–water partition coefficient (Wildman–Crippen LogP) is 1.95. The SMILES string of the molecule is O=[S@](C[C@H]1CCCNC1)c1cccc(Br)n1. The van der Waals surface area contributed by atoms with Crippen LogP contribution in [0.25, 0.3) is 0 Å². The summed E-state index contributed by atoms with van der Waals surface area (Å²) in [5, 5.41) is 4.02. The van der Waals surface area contributed by atoms with Gasteiger partial charge in [-0.15, -0.1) is 0 Å². The summed E-state index contributed by atoms with van der Waals surface area (Å²) in [4.78, 5) is 4.23. The molecule has 0 aliphatic carbocycles. The summed E-state index contributed by atoms with van der Waals surface area (Å²) in [5.74, 6) is 1.24. The van der Waals surface area contributed by atoms with E-state index in [0.29, 0.717) is 10.9 Å². The van der Waals surface area contributed by atoms with Crippen molar-refractivity contribution < 1.29 is 4.21 Å². The summed E-state index contributed by atoms with van der Waals surface area (Å²) >= 11 is 3.30. The van der Waals surface area contributed by atoms with Crippen LogP contribution in [-0.4, -0.2) is 28.0 Å². The molecule has 1 aromatic heterocycles. The van der Waals surface area contributed by atoms with Crippen molar-refractivity contribution in [2.24, 2.45) is 5.92 Å². The van der Waals surface area contributed by atoms with Crippen LogP contribution in [0, 0.1) is 5.92 Å². The number of aromatic nitrogens is 1. The fourth-order valence-corrected chi connectivity index (χ4v) is 3.66. The van der Waals surface area contributed by atoms with Gasteiger partial charge in [-0.1, -0.05) is 6.07 Å². The first-order valence-corrected chi connectivity index (χ1v) is 7.58. The number of hydrogen-bond donors (Lipinski definition) is 1. The molecule has 1 fully saturated rings. The zero-order valence-electron chi connectivity index (χ0n) is 8.99. The second-order valence-corrected chi connectivity index (χ2v) is 6.28. The maximum atomic E-state index is 12.1. The van der Waals surface area contributed by atoms with Crippen LogP contribution >= 0.6 is 15.9 Å². The van der Waals surface area contributed by atoms with Crippen LogP contribution < -0.4 is 5.32 Å². The molecule has 2 rings (SSSR count). The summed E-state index contributed by atoms with van der Waals surface area (Å²) in [5.41, 5.74) is 0. The second kappa shape index (κ2) is 5.89. The Morgan fingerprint density at radius 3 is 3.12 bits per heavy atom. The molecular formula is C11H15BrN2OS. The lowest BCUT2D eigenvalue weighted by molar-refractivity contribution is 0.408. The van der Waals surface area contributed by atoms with Crippen molar-refractivity contribution in [2.45, 2.75) is 17.9 Å². The van der Waals surface area contributed by atoms with Crippen LogP contribution in [0.1, 0.15) is 12.8 Å². The first-order chi connectivity index (χ1) is 7.75. The highest BCUT2D eigenvalue weighted by Gasteiger charge is 2.17. The van der Waals surface area contributed by atoms with E-state index in [0.717, 1.165) is 23.4 Å². The summed E-state index contributed by atoms with van der Waals surface area (Å²) in [7, 11) is -0.972. The minimum atomic E-state index is -0.972. The van der Waals surface area contributed by atoms with Gasteiger partial charge >= 0.3 is 0 Å². The van der Waals surface area contributed by atoms with Crippen molar-refractivity contribution >= 4 is 26.7 Å². The van der Waals surface area contributed by atoms with Gasteiger partial charge in [0.2, 0.25) is 0 Å². The average Bonchev–Trinajstić information content (AvgIpc) is 2.30. The fourth-order valence-electron chi connectivity index (χ4n) is 1.88. The Morgan fingerprint density at radius 2 is 2.44 bits per heavy atom. The highest BCUT2D eigenvalue weighted by Crippen LogP contribution is 2.16. The molecule has 3 nitrogen and oxygen atoms in total. The number of pyridine rings is 1. The van der Waals surface area contributed by atoms with Crippen molar-refractivity contribution in [1.82, 2.24) is 10.3 Å². The fraction of sp³-hybridized carbons (Fsp3) is 0.545. The zero-order valence-corrected chi connectivity index (χ0v) is 11.4. The van der Waals surface area contributed by atoms with Crippen LogP contribution in [0.5, 0.6) is 0 Å². The monoisotopic (exact) mass is 302 g/mol. The van der Waals surface area contributed by atoms with Crippen LogP contribution in [0.2, 0.25) is 0 Å². The molecule has 5 heteroatoms. The van der Waals surface area contributed by atoms with Crippen LogP contribution in [0.15, 0.2) is 27.8 Å². The predicted molar refractivity (Wildman–Crippen MR) is 68.8 cm³/mol. The van der Waals surface area contributed by atoms with Gasteiger partial charge < -0.3 is 5.32 Å². The minimum Gasteiger partial charge on any atom is -0.316 e. The number of nitrogens with one attached hydrogen (secondary N) is 1. The van der Waals surface area contributed by atoms with Gasteiger partial charge in [0.25, 0.3) is 0 Å². The second-order valence-electron chi connectivity index (χ2n) is 4.02. The Balaban J connectivity index is 1.97. The van der Waals surface area contributed by atoms with Gasteiger partial charge in [0.05, 0.1) is 10.8 Å². The van der Waals surface area contributed by atoms with E-state index in [1.165, 1.54) is 12.8 Å². The van der Waals surface area contributed by atoms with E-state index in [1.54, 1.807) is 0 Å². The first-order valence-electron chi connectivity index (χ1n) is 5.47. The van der Waals surface area contributed by atoms with Crippen molar-refractivity contribution in [3.8, 4) is 0 Å². The highest BCUT2D eigenvalue weighted by molar-refractivity contribution is 9.10. The number of halogens is 1. The van der Waals surface area contributed by atoms with Crippen LogP contribution in [0.4, 0.5) is 0 Å². The van der Waals surface area contributed by atoms with Crippen molar-refractivity contribution in [3.63, 3.8) is 0 Å². The smallest absolute Gasteiger partial charge is 0.128 e. The number of nitrogens with zero attached hydrogens (tertiary/aromatic N) is 1. The van der Waals surface area contributed by atoms with Crippen molar-refractivity contribution in [1.29, 1.82) is 0 Å². The van der Waals surface area contributed by atoms with E-state index < -0.39 is 10.8 Å². The Bertz CT molecular complexity index is 380. The standard InChI is InChI=1S/C11H15BrN2OS/c12-10-4-1-5-11(14-10)16(15)8-9-3-2-6-13-7-9/h1,4-5,9,13H,2-3,6-8H2/t9-,16+/m0/s1. The molecule has 16 heavy (non-hydrogen) atoms. The molecular weight excluding hydrogens is 288 g/mol. The molecule has 1 aliphatic rings. The van der Waals surface area contributed by atoms with Gasteiger partial charge in [0, 0.05) is 5.75 Å². The maximum Gasteiger partial charge on any atom is 0.128 e. The largest absolute Gasteiger partial charge is 0.316 e. The Hall–Kier alpha value is -0.260. The molecule has 1 saturated heterocycles. The molecule has 1 aromatic rings. The van der Waals surface area contributed by atoms with Gasteiger partial charge in [0.15, 0.2) is 0 Å². The summed E-state index contributed by atoms with van der Waals surface area (Å²) in [6, 6.07) is 5.56. The topological polar surface area (TPSA) is 42.0 Å². The molecule has 1 aliphatic heterocycles. The number of rotatable bonds is 3. The number of piperidine rings is 1. The van der Waals surface area contributed by atoms with Crippen molar-refractivity contribution in [3.05, 3.63) is 22.8 Å². The van der Waals surface area contributed by atoms with E-state index in [1.807, 2.05) is 18.2 Å². The minimum absolute atomic E-state index is 0.523. The third-order valence-electron chi connectivity index (χ3n) is 2.71. The average molecular weight is 303 g/mol. The van der Waals surface area contributed by atoms with E-state index >= 15 is 0 Å². The molecule has 1 N–H and O–H groups in total. The highest BCUT2D eigenvalue weighted by atomic mass is 79.9. The van der Waals surface area contributed by atoms with Gasteiger partial charge in [-0.2, -0.15) is 0 Å². The van der Waals surface area contributed by atoms with Gasteiger partial charge in [-0.25, -0.2) is 4.98 Å². The van der Waals surface area contributed by atoms with E-state index in [4.69, 9.17) is 0 Å². The number of hydrogen-bond acceptors (Lipinski definition) is 3. The summed E-state index contributed by atoms with van der Waals surface area (Å²) in [6.45, 7) is 2.08. The zero-order chi connectivity index (χ0) is 11.4. The Labute approximate surface area is 107 Å². The van der Waals surface area contributed by atoms with E-state index in [-0.39, 0.29) is 0 Å². The Kier molecular flexibility index (Phi) is 4.49. The lowest BCUT2D eigenvalue weighted by Gasteiger charge is -2.21. The molecule has 0 radical (unpaired) electrons. The molecule has 0 amide bonds. The molecule has 88 valence electrons. The molecule has 0 bridgehead atoms. The quantitative estimate of drug-likeness (QED) is 0.868.